The molecule has 0 amide bonds. The minimum absolute atomic E-state index is 0.214. The van der Waals surface area contributed by atoms with Crippen LogP contribution in [0.3, 0.4) is 0 Å². The molecule has 2 rings (SSSR count). The molecule has 1 aromatic heterocycles. The van der Waals surface area contributed by atoms with Crippen LogP contribution >= 0.6 is 0 Å². The number of hydrogen-bond donors (Lipinski definition) is 2. The summed E-state index contributed by atoms with van der Waals surface area (Å²) in [6.45, 7) is 0. The van der Waals surface area contributed by atoms with Gasteiger partial charge in [0.1, 0.15) is 11.6 Å². The van der Waals surface area contributed by atoms with Crippen molar-refractivity contribution in [2.75, 3.05) is 5.73 Å². The number of nitrogens with two attached hydrogens (primary N) is 1. The van der Waals surface area contributed by atoms with Crippen LogP contribution in [0.4, 0.5) is 5.82 Å². The van der Waals surface area contributed by atoms with Crippen LogP contribution in [0.15, 0.2) is 41.2 Å². The highest BCUT2D eigenvalue weighted by Gasteiger charge is 1.99. The van der Waals surface area contributed by atoms with Crippen molar-refractivity contribution in [1.29, 1.82) is 0 Å². The smallest absolute Gasteiger partial charge is 0.252 e. The topological polar surface area (TPSA) is 71.8 Å². The molecule has 76 valence electrons. The van der Waals surface area contributed by atoms with Gasteiger partial charge in [-0.05, 0) is 5.56 Å². The minimum atomic E-state index is -0.214. The molecule has 1 heterocycles. The van der Waals surface area contributed by atoms with Gasteiger partial charge in [-0.1, -0.05) is 30.3 Å². The van der Waals surface area contributed by atoms with Crippen molar-refractivity contribution in [1.82, 2.24) is 9.97 Å². The van der Waals surface area contributed by atoms with Crippen LogP contribution in [0.1, 0.15) is 11.4 Å². The second-order valence-electron chi connectivity index (χ2n) is 3.28. The molecule has 0 bridgehead atoms. The lowest BCUT2D eigenvalue weighted by Crippen LogP contribution is -2.12. The van der Waals surface area contributed by atoms with E-state index in [0.717, 1.165) is 5.56 Å². The highest BCUT2D eigenvalue weighted by molar-refractivity contribution is 5.27. The summed E-state index contributed by atoms with van der Waals surface area (Å²) >= 11 is 0. The zero-order valence-electron chi connectivity index (χ0n) is 8.10. The molecular weight excluding hydrogens is 190 g/mol. The van der Waals surface area contributed by atoms with Gasteiger partial charge in [0, 0.05) is 12.5 Å². The molecule has 0 unspecified atom stereocenters. The van der Waals surface area contributed by atoms with Gasteiger partial charge in [-0.15, -0.1) is 0 Å². The number of nitrogens with one attached hydrogen (secondary N) is 1. The molecule has 0 aliphatic heterocycles. The van der Waals surface area contributed by atoms with Gasteiger partial charge >= 0.3 is 0 Å². The summed E-state index contributed by atoms with van der Waals surface area (Å²) in [4.78, 5) is 17.8. The van der Waals surface area contributed by atoms with E-state index < -0.39 is 0 Å². The second kappa shape index (κ2) is 3.96. The van der Waals surface area contributed by atoms with Crippen molar-refractivity contribution in [2.45, 2.75) is 6.42 Å². The molecule has 0 atom stereocenters. The summed E-state index contributed by atoms with van der Waals surface area (Å²) in [5.41, 5.74) is 6.36. The molecular formula is C11H11N3O. The normalized spacial score (nSPS) is 10.1. The summed E-state index contributed by atoms with van der Waals surface area (Å²) in [6, 6.07) is 11.1. The van der Waals surface area contributed by atoms with Gasteiger partial charge in [0.15, 0.2) is 0 Å². The largest absolute Gasteiger partial charge is 0.383 e. The molecule has 0 aliphatic carbocycles. The van der Waals surface area contributed by atoms with E-state index in [-0.39, 0.29) is 11.4 Å². The lowest BCUT2D eigenvalue weighted by molar-refractivity contribution is 0.952. The van der Waals surface area contributed by atoms with Crippen LogP contribution in [0, 0.1) is 0 Å². The highest BCUT2D eigenvalue weighted by atomic mass is 16.1. The van der Waals surface area contributed by atoms with Gasteiger partial charge in [-0.2, -0.15) is 0 Å². The fourth-order valence-corrected chi connectivity index (χ4v) is 1.40. The molecule has 15 heavy (non-hydrogen) atoms. The third-order valence-electron chi connectivity index (χ3n) is 2.02. The number of H-pyrrole nitrogens is 1. The first-order chi connectivity index (χ1) is 7.24. The van der Waals surface area contributed by atoms with Crippen molar-refractivity contribution >= 4 is 5.82 Å². The Kier molecular flexibility index (Phi) is 2.49. The summed E-state index contributed by atoms with van der Waals surface area (Å²) in [5.74, 6) is 0.843. The van der Waals surface area contributed by atoms with E-state index >= 15 is 0 Å². The number of aromatic amines is 1. The Morgan fingerprint density at radius 2 is 2.00 bits per heavy atom. The zero-order chi connectivity index (χ0) is 10.7. The van der Waals surface area contributed by atoms with Gasteiger partial charge in [0.05, 0.1) is 0 Å². The van der Waals surface area contributed by atoms with E-state index in [1.165, 1.54) is 6.07 Å². The summed E-state index contributed by atoms with van der Waals surface area (Å²) in [7, 11) is 0. The number of rotatable bonds is 2. The van der Waals surface area contributed by atoms with Crippen LogP contribution in [-0.4, -0.2) is 9.97 Å². The van der Waals surface area contributed by atoms with E-state index in [9.17, 15) is 4.79 Å². The van der Waals surface area contributed by atoms with Gasteiger partial charge in [0.2, 0.25) is 0 Å². The molecule has 1 aromatic carbocycles. The lowest BCUT2D eigenvalue weighted by atomic mass is 10.1. The molecule has 0 radical (unpaired) electrons. The van der Waals surface area contributed by atoms with E-state index in [4.69, 9.17) is 5.73 Å². The number of aromatic nitrogens is 2. The molecule has 0 spiro atoms. The predicted octanol–water partition coefficient (Wildman–Crippen LogP) is 0.943. The molecule has 0 saturated carbocycles. The monoisotopic (exact) mass is 201 g/mol. The summed E-state index contributed by atoms with van der Waals surface area (Å²) < 4.78 is 0. The molecule has 2 aromatic rings. The average molecular weight is 201 g/mol. The Balaban J connectivity index is 2.29. The Morgan fingerprint density at radius 3 is 2.67 bits per heavy atom. The Labute approximate surface area is 86.8 Å². The molecule has 4 heteroatoms. The van der Waals surface area contributed by atoms with Crippen molar-refractivity contribution in [3.63, 3.8) is 0 Å². The Hall–Kier alpha value is -2.10. The maximum Gasteiger partial charge on any atom is 0.252 e. The quantitative estimate of drug-likeness (QED) is 0.759. The average Bonchev–Trinajstić information content (AvgIpc) is 2.17. The number of hydrogen-bond acceptors (Lipinski definition) is 3. The van der Waals surface area contributed by atoms with Gasteiger partial charge in [-0.3, -0.25) is 4.79 Å². The fourth-order valence-electron chi connectivity index (χ4n) is 1.40. The van der Waals surface area contributed by atoms with Gasteiger partial charge < -0.3 is 10.7 Å². The van der Waals surface area contributed by atoms with Gasteiger partial charge in [0.25, 0.3) is 5.56 Å². The third kappa shape index (κ3) is 2.43. The van der Waals surface area contributed by atoms with Crippen molar-refractivity contribution in [3.8, 4) is 0 Å². The first-order valence-electron chi connectivity index (χ1n) is 4.64. The molecule has 0 fully saturated rings. The Bertz CT molecular complexity index is 505. The maximum absolute atomic E-state index is 11.1. The van der Waals surface area contributed by atoms with Crippen LogP contribution in [-0.2, 0) is 6.42 Å². The van der Waals surface area contributed by atoms with E-state index in [1.807, 2.05) is 30.3 Å². The molecule has 3 N–H and O–H groups in total. The van der Waals surface area contributed by atoms with E-state index in [2.05, 4.69) is 9.97 Å². The molecule has 0 saturated heterocycles. The van der Waals surface area contributed by atoms with Crippen molar-refractivity contribution in [2.24, 2.45) is 0 Å². The van der Waals surface area contributed by atoms with Crippen LogP contribution in [0.25, 0.3) is 0 Å². The predicted molar refractivity (Wildman–Crippen MR) is 58.5 cm³/mol. The van der Waals surface area contributed by atoms with Crippen LogP contribution in [0.5, 0.6) is 0 Å². The van der Waals surface area contributed by atoms with E-state index in [1.54, 1.807) is 0 Å². The Morgan fingerprint density at radius 1 is 1.27 bits per heavy atom. The summed E-state index contributed by atoms with van der Waals surface area (Å²) in [5, 5.41) is 0. The van der Waals surface area contributed by atoms with E-state index in [0.29, 0.717) is 12.2 Å². The third-order valence-corrected chi connectivity index (χ3v) is 2.02. The molecule has 0 aliphatic rings. The standard InChI is InChI=1S/C11H11N3O/c12-9-7-11(15)14-10(13-9)6-8-4-2-1-3-5-8/h1-5,7H,6H2,(H3,12,13,14,15). The SMILES string of the molecule is Nc1cc(=O)[nH]c(Cc2ccccc2)n1. The number of benzene rings is 1. The number of anilines is 1. The fraction of sp³-hybridized carbons (Fsp3) is 0.0909. The maximum atomic E-state index is 11.1. The zero-order valence-corrected chi connectivity index (χ0v) is 8.10. The first kappa shape index (κ1) is 9.45. The number of nitrogens with zero attached hydrogens (tertiary/aromatic N) is 1. The second-order valence-corrected chi connectivity index (χ2v) is 3.28. The summed E-state index contributed by atoms with van der Waals surface area (Å²) in [6.07, 6.45) is 0.584. The van der Waals surface area contributed by atoms with Crippen molar-refractivity contribution < 1.29 is 0 Å². The lowest BCUT2D eigenvalue weighted by Gasteiger charge is -2.01. The highest BCUT2D eigenvalue weighted by Crippen LogP contribution is 2.04. The van der Waals surface area contributed by atoms with Gasteiger partial charge in [-0.25, -0.2) is 4.98 Å². The first-order valence-corrected chi connectivity index (χ1v) is 4.64. The van der Waals surface area contributed by atoms with Crippen LogP contribution < -0.4 is 11.3 Å². The minimum Gasteiger partial charge on any atom is -0.383 e. The molecule has 4 nitrogen and oxygen atoms in total. The van der Waals surface area contributed by atoms with Crippen molar-refractivity contribution in [3.05, 3.63) is 58.1 Å². The number of nitrogen functional groups attached to an aromatic ring is 1. The van der Waals surface area contributed by atoms with Crippen LogP contribution in [0.2, 0.25) is 0 Å².